The van der Waals surface area contributed by atoms with Gasteiger partial charge in [-0.3, -0.25) is 9.78 Å². The maximum absolute atomic E-state index is 12.4. The summed E-state index contributed by atoms with van der Waals surface area (Å²) in [5, 5.41) is 4.72. The maximum Gasteiger partial charge on any atom is 0.185 e. The molecule has 0 unspecified atom stereocenters. The van der Waals surface area contributed by atoms with Crippen molar-refractivity contribution in [3.05, 3.63) is 109 Å². The zero-order valence-corrected chi connectivity index (χ0v) is 14.6. The highest BCUT2D eigenvalue weighted by atomic mass is 16.1. The number of carbonyl (C=O) groups is 1. The molecule has 130 valence electrons. The fourth-order valence-electron chi connectivity index (χ4n) is 2.81. The van der Waals surface area contributed by atoms with Gasteiger partial charge in [0.1, 0.15) is 5.69 Å². The van der Waals surface area contributed by atoms with Crippen LogP contribution in [0.4, 0.5) is 0 Å². The number of para-hydroxylation sites is 1. The fourth-order valence-corrected chi connectivity index (χ4v) is 2.81. The highest BCUT2D eigenvalue weighted by molar-refractivity contribution is 6.07. The average molecular weight is 351 g/mol. The average Bonchev–Trinajstić information content (AvgIpc) is 3.18. The number of ketones is 1. The van der Waals surface area contributed by atoms with Crippen molar-refractivity contribution in [1.29, 1.82) is 0 Å². The van der Waals surface area contributed by atoms with Crippen LogP contribution in [-0.4, -0.2) is 20.5 Å². The summed E-state index contributed by atoms with van der Waals surface area (Å²) in [7, 11) is 0. The normalized spacial score (nSPS) is 11.0. The molecule has 0 aliphatic heterocycles. The van der Waals surface area contributed by atoms with Crippen molar-refractivity contribution < 1.29 is 4.79 Å². The summed E-state index contributed by atoms with van der Waals surface area (Å²) >= 11 is 0. The quantitative estimate of drug-likeness (QED) is 0.382. The molecule has 4 heteroatoms. The highest BCUT2D eigenvalue weighted by Crippen LogP contribution is 2.24. The van der Waals surface area contributed by atoms with Crippen LogP contribution in [0, 0.1) is 0 Å². The van der Waals surface area contributed by atoms with Crippen LogP contribution in [0.1, 0.15) is 15.9 Å². The number of rotatable bonds is 5. The van der Waals surface area contributed by atoms with Gasteiger partial charge in [0.05, 0.1) is 5.69 Å². The summed E-state index contributed by atoms with van der Waals surface area (Å²) in [6, 6.07) is 22.9. The topological polar surface area (TPSA) is 47.8 Å². The Bertz CT molecular complexity index is 1070. The van der Waals surface area contributed by atoms with Gasteiger partial charge in [0.15, 0.2) is 5.78 Å². The molecule has 4 rings (SSSR count). The SMILES string of the molecule is O=C(/C=C/c1cn(-c2ccccc2)nc1-c1cccnc1)c1ccccc1. The van der Waals surface area contributed by atoms with Crippen LogP contribution < -0.4 is 0 Å². The summed E-state index contributed by atoms with van der Waals surface area (Å²) < 4.78 is 1.81. The summed E-state index contributed by atoms with van der Waals surface area (Å²) in [4.78, 5) is 16.6. The van der Waals surface area contributed by atoms with E-state index in [1.165, 1.54) is 0 Å². The van der Waals surface area contributed by atoms with Gasteiger partial charge in [-0.05, 0) is 36.4 Å². The molecule has 4 nitrogen and oxygen atoms in total. The molecular weight excluding hydrogens is 334 g/mol. The van der Waals surface area contributed by atoms with E-state index in [1.807, 2.05) is 89.8 Å². The molecule has 4 aromatic rings. The summed E-state index contributed by atoms with van der Waals surface area (Å²) in [6.07, 6.45) is 8.82. The first kappa shape index (κ1) is 16.7. The Hall–Kier alpha value is -3.79. The second-order valence-corrected chi connectivity index (χ2v) is 6.02. The van der Waals surface area contributed by atoms with Crippen LogP contribution in [0.5, 0.6) is 0 Å². The van der Waals surface area contributed by atoms with Gasteiger partial charge in [-0.15, -0.1) is 0 Å². The minimum absolute atomic E-state index is 0.0415. The van der Waals surface area contributed by atoms with E-state index < -0.39 is 0 Å². The minimum atomic E-state index is -0.0415. The smallest absolute Gasteiger partial charge is 0.185 e. The van der Waals surface area contributed by atoms with Crippen LogP contribution in [0.3, 0.4) is 0 Å². The van der Waals surface area contributed by atoms with Crippen LogP contribution in [-0.2, 0) is 0 Å². The second-order valence-electron chi connectivity index (χ2n) is 6.02. The number of pyridine rings is 1. The molecule has 2 aromatic carbocycles. The van der Waals surface area contributed by atoms with Crippen molar-refractivity contribution in [1.82, 2.24) is 14.8 Å². The molecule has 0 fully saturated rings. The van der Waals surface area contributed by atoms with E-state index in [-0.39, 0.29) is 5.78 Å². The third-order valence-corrected chi connectivity index (χ3v) is 4.17. The Balaban J connectivity index is 1.73. The number of hydrogen-bond donors (Lipinski definition) is 0. The third-order valence-electron chi connectivity index (χ3n) is 4.17. The molecule has 0 aliphatic carbocycles. The van der Waals surface area contributed by atoms with Crippen LogP contribution >= 0.6 is 0 Å². The van der Waals surface area contributed by atoms with Crippen molar-refractivity contribution in [2.45, 2.75) is 0 Å². The fraction of sp³-hybridized carbons (Fsp3) is 0. The van der Waals surface area contributed by atoms with E-state index >= 15 is 0 Å². The first-order valence-electron chi connectivity index (χ1n) is 8.64. The van der Waals surface area contributed by atoms with Gasteiger partial charge in [0.2, 0.25) is 0 Å². The lowest BCUT2D eigenvalue weighted by atomic mass is 10.1. The third kappa shape index (κ3) is 3.75. The first-order valence-corrected chi connectivity index (χ1v) is 8.64. The number of nitrogens with zero attached hydrogens (tertiary/aromatic N) is 3. The largest absolute Gasteiger partial charge is 0.289 e. The Morgan fingerprint density at radius 3 is 2.33 bits per heavy atom. The molecule has 2 aromatic heterocycles. The molecule has 0 aliphatic rings. The van der Waals surface area contributed by atoms with Gasteiger partial charge in [0, 0.05) is 35.3 Å². The van der Waals surface area contributed by atoms with Crippen molar-refractivity contribution >= 4 is 11.9 Å². The molecule has 0 bridgehead atoms. The van der Waals surface area contributed by atoms with Gasteiger partial charge in [0.25, 0.3) is 0 Å². The zero-order valence-electron chi connectivity index (χ0n) is 14.6. The predicted octanol–water partition coefficient (Wildman–Crippen LogP) is 4.83. The monoisotopic (exact) mass is 351 g/mol. The molecule has 0 amide bonds. The summed E-state index contributed by atoms with van der Waals surface area (Å²) in [5.74, 6) is -0.0415. The summed E-state index contributed by atoms with van der Waals surface area (Å²) in [6.45, 7) is 0. The molecule has 0 saturated carbocycles. The molecule has 0 radical (unpaired) electrons. The van der Waals surface area contributed by atoms with Crippen molar-refractivity contribution in [3.8, 4) is 16.9 Å². The van der Waals surface area contributed by atoms with E-state index in [2.05, 4.69) is 4.98 Å². The first-order chi connectivity index (χ1) is 13.3. The van der Waals surface area contributed by atoms with Crippen molar-refractivity contribution in [2.24, 2.45) is 0 Å². The predicted molar refractivity (Wildman–Crippen MR) is 107 cm³/mol. The number of hydrogen-bond acceptors (Lipinski definition) is 3. The summed E-state index contributed by atoms with van der Waals surface area (Å²) in [5.41, 5.74) is 4.16. The number of carbonyl (C=O) groups excluding carboxylic acids is 1. The van der Waals surface area contributed by atoms with Gasteiger partial charge in [-0.25, -0.2) is 4.68 Å². The second kappa shape index (κ2) is 7.62. The van der Waals surface area contributed by atoms with E-state index in [0.717, 1.165) is 22.5 Å². The van der Waals surface area contributed by atoms with E-state index in [9.17, 15) is 4.79 Å². The van der Waals surface area contributed by atoms with Crippen LogP contribution in [0.15, 0.2) is 97.5 Å². The molecule has 0 saturated heterocycles. The van der Waals surface area contributed by atoms with Crippen LogP contribution in [0.25, 0.3) is 23.0 Å². The Morgan fingerprint density at radius 2 is 1.63 bits per heavy atom. The standard InChI is InChI=1S/C23H17N3O/c27-22(18-8-3-1-4-9-18)14-13-20-17-26(21-11-5-2-6-12-21)25-23(20)19-10-7-15-24-16-19/h1-17H/b14-13+. The Labute approximate surface area is 157 Å². The van der Waals surface area contributed by atoms with E-state index in [1.54, 1.807) is 18.5 Å². The molecule has 27 heavy (non-hydrogen) atoms. The van der Waals surface area contributed by atoms with Gasteiger partial charge in [-0.1, -0.05) is 48.5 Å². The van der Waals surface area contributed by atoms with Crippen LogP contribution in [0.2, 0.25) is 0 Å². The van der Waals surface area contributed by atoms with Gasteiger partial charge >= 0.3 is 0 Å². The maximum atomic E-state index is 12.4. The van der Waals surface area contributed by atoms with E-state index in [0.29, 0.717) is 5.56 Å². The Morgan fingerprint density at radius 1 is 0.889 bits per heavy atom. The highest BCUT2D eigenvalue weighted by Gasteiger charge is 2.11. The number of benzene rings is 2. The van der Waals surface area contributed by atoms with Gasteiger partial charge in [-0.2, -0.15) is 5.10 Å². The lowest BCUT2D eigenvalue weighted by Gasteiger charge is -1.99. The lowest BCUT2D eigenvalue weighted by Crippen LogP contribution is -1.94. The van der Waals surface area contributed by atoms with Crippen molar-refractivity contribution in [3.63, 3.8) is 0 Å². The molecule has 0 spiro atoms. The number of aromatic nitrogens is 3. The molecule has 0 atom stereocenters. The van der Waals surface area contributed by atoms with E-state index in [4.69, 9.17) is 5.10 Å². The molecule has 0 N–H and O–H groups in total. The minimum Gasteiger partial charge on any atom is -0.289 e. The number of allylic oxidation sites excluding steroid dienone is 1. The zero-order chi connectivity index (χ0) is 18.5. The van der Waals surface area contributed by atoms with Gasteiger partial charge < -0.3 is 0 Å². The lowest BCUT2D eigenvalue weighted by molar-refractivity contribution is 0.104. The van der Waals surface area contributed by atoms with Crippen molar-refractivity contribution in [2.75, 3.05) is 0 Å². The molecule has 2 heterocycles. The molecular formula is C23H17N3O. The Kier molecular flexibility index (Phi) is 4.70.